The number of rotatable bonds is 3. The monoisotopic (exact) mass is 253 g/mol. The zero-order chi connectivity index (χ0) is 12.6. The molecule has 0 atom stereocenters. The third kappa shape index (κ3) is 2.20. The van der Waals surface area contributed by atoms with Crippen LogP contribution in [0.4, 0.5) is 5.00 Å². The SMILES string of the molecule is CC1(C)CCc2sc(NC=O)c(C(=O)O)c2C1. The minimum atomic E-state index is -0.954. The van der Waals surface area contributed by atoms with E-state index < -0.39 is 5.97 Å². The van der Waals surface area contributed by atoms with Gasteiger partial charge in [-0.05, 0) is 30.2 Å². The summed E-state index contributed by atoms with van der Waals surface area (Å²) < 4.78 is 0. The zero-order valence-electron chi connectivity index (χ0n) is 9.87. The number of amides is 1. The summed E-state index contributed by atoms with van der Waals surface area (Å²) in [5.74, 6) is -0.954. The molecule has 1 aromatic heterocycles. The number of carboxylic acid groups (broad SMARTS) is 1. The molecule has 92 valence electrons. The number of carbonyl (C=O) groups is 2. The standard InChI is InChI=1S/C12H15NO3S/c1-12(2)4-3-8-7(5-12)9(11(15)16)10(17-8)13-6-14/h6H,3-5H2,1-2H3,(H,13,14)(H,15,16). The second-order valence-electron chi connectivity index (χ2n) is 5.12. The molecule has 4 nitrogen and oxygen atoms in total. The first-order valence-electron chi connectivity index (χ1n) is 5.52. The zero-order valence-corrected chi connectivity index (χ0v) is 10.7. The number of fused-ring (bicyclic) bond motifs is 1. The summed E-state index contributed by atoms with van der Waals surface area (Å²) >= 11 is 1.39. The van der Waals surface area contributed by atoms with E-state index in [1.165, 1.54) is 11.3 Å². The lowest BCUT2D eigenvalue weighted by atomic mass is 9.76. The van der Waals surface area contributed by atoms with Crippen LogP contribution in [0, 0.1) is 5.41 Å². The van der Waals surface area contributed by atoms with Gasteiger partial charge >= 0.3 is 5.97 Å². The second-order valence-corrected chi connectivity index (χ2v) is 6.22. The van der Waals surface area contributed by atoms with Crippen LogP contribution in [0.2, 0.25) is 0 Å². The van der Waals surface area contributed by atoms with Gasteiger partial charge in [0, 0.05) is 4.88 Å². The normalized spacial score (nSPS) is 17.3. The van der Waals surface area contributed by atoms with Crippen LogP contribution in [0.15, 0.2) is 0 Å². The number of anilines is 1. The van der Waals surface area contributed by atoms with Gasteiger partial charge in [-0.25, -0.2) is 4.79 Å². The molecule has 1 aliphatic carbocycles. The first kappa shape index (κ1) is 12.1. The number of nitrogens with one attached hydrogen (secondary N) is 1. The number of thiophene rings is 1. The van der Waals surface area contributed by atoms with Crippen molar-refractivity contribution in [1.82, 2.24) is 0 Å². The highest BCUT2D eigenvalue weighted by molar-refractivity contribution is 7.16. The summed E-state index contributed by atoms with van der Waals surface area (Å²) in [6.07, 6.45) is 3.25. The van der Waals surface area contributed by atoms with E-state index in [-0.39, 0.29) is 11.0 Å². The average molecular weight is 253 g/mol. The number of carbonyl (C=O) groups excluding carboxylic acids is 1. The van der Waals surface area contributed by atoms with Gasteiger partial charge in [-0.15, -0.1) is 11.3 Å². The van der Waals surface area contributed by atoms with Crippen LogP contribution in [0.5, 0.6) is 0 Å². The van der Waals surface area contributed by atoms with E-state index in [1.54, 1.807) is 0 Å². The van der Waals surface area contributed by atoms with Gasteiger partial charge in [-0.2, -0.15) is 0 Å². The summed E-state index contributed by atoms with van der Waals surface area (Å²) in [6, 6.07) is 0. The largest absolute Gasteiger partial charge is 0.478 e. The summed E-state index contributed by atoms with van der Waals surface area (Å²) in [7, 11) is 0. The molecule has 0 radical (unpaired) electrons. The van der Waals surface area contributed by atoms with Gasteiger partial charge in [0.2, 0.25) is 6.41 Å². The molecule has 0 aromatic carbocycles. The lowest BCUT2D eigenvalue weighted by Crippen LogP contribution is -2.22. The molecule has 1 heterocycles. The average Bonchev–Trinajstić information content (AvgIpc) is 2.54. The highest BCUT2D eigenvalue weighted by Crippen LogP contribution is 2.43. The minimum absolute atomic E-state index is 0.136. The van der Waals surface area contributed by atoms with Gasteiger partial charge in [0.1, 0.15) is 5.00 Å². The van der Waals surface area contributed by atoms with Crippen molar-refractivity contribution in [2.24, 2.45) is 5.41 Å². The van der Waals surface area contributed by atoms with Crippen molar-refractivity contribution in [1.29, 1.82) is 0 Å². The van der Waals surface area contributed by atoms with E-state index in [1.807, 2.05) is 0 Å². The molecule has 0 saturated heterocycles. The fraction of sp³-hybridized carbons (Fsp3) is 0.500. The quantitative estimate of drug-likeness (QED) is 0.813. The highest BCUT2D eigenvalue weighted by atomic mass is 32.1. The first-order valence-corrected chi connectivity index (χ1v) is 6.34. The predicted octanol–water partition coefficient (Wildman–Crippen LogP) is 2.53. The number of carboxylic acids is 1. The maximum atomic E-state index is 11.3. The van der Waals surface area contributed by atoms with E-state index in [4.69, 9.17) is 0 Å². The van der Waals surface area contributed by atoms with Crippen LogP contribution >= 0.6 is 11.3 Å². The molecule has 2 N–H and O–H groups in total. The summed E-state index contributed by atoms with van der Waals surface area (Å²) in [5.41, 5.74) is 1.32. The topological polar surface area (TPSA) is 66.4 Å². The Hall–Kier alpha value is -1.36. The van der Waals surface area contributed by atoms with Gasteiger partial charge in [0.15, 0.2) is 0 Å². The van der Waals surface area contributed by atoms with Crippen molar-refractivity contribution in [2.45, 2.75) is 33.1 Å². The Balaban J connectivity index is 2.51. The van der Waals surface area contributed by atoms with Crippen LogP contribution in [-0.2, 0) is 17.6 Å². The fourth-order valence-electron chi connectivity index (χ4n) is 2.30. The van der Waals surface area contributed by atoms with Crippen LogP contribution in [0.1, 0.15) is 41.1 Å². The lowest BCUT2D eigenvalue weighted by molar-refractivity contribution is -0.105. The van der Waals surface area contributed by atoms with E-state index in [9.17, 15) is 14.7 Å². The molecule has 0 saturated carbocycles. The van der Waals surface area contributed by atoms with Gasteiger partial charge in [-0.1, -0.05) is 13.8 Å². The van der Waals surface area contributed by atoms with Crippen LogP contribution in [0.3, 0.4) is 0 Å². The lowest BCUT2D eigenvalue weighted by Gasteiger charge is -2.29. The Kier molecular flexibility index (Phi) is 2.95. The molecule has 1 amide bonds. The molecule has 0 spiro atoms. The Bertz CT molecular complexity index is 476. The minimum Gasteiger partial charge on any atom is -0.478 e. The highest BCUT2D eigenvalue weighted by Gasteiger charge is 2.32. The molecular formula is C12H15NO3S. The predicted molar refractivity (Wildman–Crippen MR) is 66.8 cm³/mol. The molecular weight excluding hydrogens is 238 g/mol. The van der Waals surface area contributed by atoms with Gasteiger partial charge < -0.3 is 10.4 Å². The van der Waals surface area contributed by atoms with Crippen LogP contribution in [-0.4, -0.2) is 17.5 Å². The van der Waals surface area contributed by atoms with Crippen molar-refractivity contribution >= 4 is 28.7 Å². The van der Waals surface area contributed by atoms with Crippen molar-refractivity contribution in [3.63, 3.8) is 0 Å². The molecule has 17 heavy (non-hydrogen) atoms. The fourth-order valence-corrected chi connectivity index (χ4v) is 3.47. The Morgan fingerprint density at radius 1 is 1.53 bits per heavy atom. The van der Waals surface area contributed by atoms with Gasteiger partial charge in [0.25, 0.3) is 0 Å². The number of hydrogen-bond acceptors (Lipinski definition) is 3. The Morgan fingerprint density at radius 2 is 2.24 bits per heavy atom. The van der Waals surface area contributed by atoms with E-state index in [0.717, 1.165) is 29.7 Å². The Morgan fingerprint density at radius 3 is 2.82 bits per heavy atom. The summed E-state index contributed by atoms with van der Waals surface area (Å²) in [5, 5.41) is 12.2. The summed E-state index contributed by atoms with van der Waals surface area (Å²) in [6.45, 7) is 4.29. The molecule has 1 aromatic rings. The molecule has 2 rings (SSSR count). The van der Waals surface area contributed by atoms with E-state index >= 15 is 0 Å². The second kappa shape index (κ2) is 4.14. The smallest absolute Gasteiger partial charge is 0.339 e. The van der Waals surface area contributed by atoms with Crippen molar-refractivity contribution in [2.75, 3.05) is 5.32 Å². The maximum absolute atomic E-state index is 11.3. The first-order chi connectivity index (χ1) is 7.94. The molecule has 0 fully saturated rings. The molecule has 0 aliphatic heterocycles. The molecule has 0 bridgehead atoms. The molecule has 0 unspecified atom stereocenters. The van der Waals surface area contributed by atoms with E-state index in [0.29, 0.717) is 11.4 Å². The molecule has 1 aliphatic rings. The molecule has 5 heteroatoms. The number of aromatic carboxylic acids is 1. The van der Waals surface area contributed by atoms with Crippen LogP contribution in [0.25, 0.3) is 0 Å². The van der Waals surface area contributed by atoms with Crippen molar-refractivity contribution in [3.8, 4) is 0 Å². The van der Waals surface area contributed by atoms with Crippen molar-refractivity contribution < 1.29 is 14.7 Å². The van der Waals surface area contributed by atoms with Gasteiger partial charge in [-0.3, -0.25) is 4.79 Å². The van der Waals surface area contributed by atoms with Gasteiger partial charge in [0.05, 0.1) is 5.56 Å². The summed E-state index contributed by atoms with van der Waals surface area (Å²) in [4.78, 5) is 22.9. The number of aryl methyl sites for hydroxylation is 1. The third-order valence-electron chi connectivity index (χ3n) is 3.18. The Labute approximate surface area is 104 Å². The van der Waals surface area contributed by atoms with E-state index in [2.05, 4.69) is 19.2 Å². The maximum Gasteiger partial charge on any atom is 0.339 e. The van der Waals surface area contributed by atoms with Crippen molar-refractivity contribution in [3.05, 3.63) is 16.0 Å². The number of hydrogen-bond donors (Lipinski definition) is 2. The third-order valence-corrected chi connectivity index (χ3v) is 4.40. The van der Waals surface area contributed by atoms with Crippen LogP contribution < -0.4 is 5.32 Å².